The molecule has 0 aromatic heterocycles. The number of hydrogen-bond donors (Lipinski definition) is 0. The molecule has 0 aliphatic carbocycles. The molecule has 2 saturated heterocycles. The zero-order chi connectivity index (χ0) is 7.84. The Labute approximate surface area is 67.9 Å². The molecular weight excluding hydrogens is 140 g/mol. The molecule has 3 unspecified atom stereocenters. The van der Waals surface area contributed by atoms with Gasteiger partial charge in [-0.1, -0.05) is 13.8 Å². The molecular formula is C9H16O2. The lowest BCUT2D eigenvalue weighted by atomic mass is 10.0. The van der Waals surface area contributed by atoms with Crippen molar-refractivity contribution in [2.24, 2.45) is 5.92 Å². The third-order valence-electron chi connectivity index (χ3n) is 2.71. The first-order chi connectivity index (χ1) is 5.27. The van der Waals surface area contributed by atoms with Crippen LogP contribution >= 0.6 is 0 Å². The van der Waals surface area contributed by atoms with Crippen LogP contribution in [-0.2, 0) is 9.47 Å². The minimum Gasteiger partial charge on any atom is -0.375 e. The SMILES string of the molecule is CC(C)C1CC2OCCC2O1. The summed E-state index contributed by atoms with van der Waals surface area (Å²) in [7, 11) is 0. The molecule has 64 valence electrons. The average molecular weight is 156 g/mol. The van der Waals surface area contributed by atoms with Gasteiger partial charge in [-0.3, -0.25) is 0 Å². The third kappa shape index (κ3) is 1.30. The Morgan fingerprint density at radius 3 is 2.73 bits per heavy atom. The predicted molar refractivity (Wildman–Crippen MR) is 42.5 cm³/mol. The molecule has 0 saturated carbocycles. The zero-order valence-electron chi connectivity index (χ0n) is 7.25. The Morgan fingerprint density at radius 1 is 1.27 bits per heavy atom. The van der Waals surface area contributed by atoms with Gasteiger partial charge in [0.25, 0.3) is 0 Å². The second-order valence-electron chi connectivity index (χ2n) is 3.89. The molecule has 0 spiro atoms. The Morgan fingerprint density at radius 2 is 2.09 bits per heavy atom. The van der Waals surface area contributed by atoms with Crippen LogP contribution in [0.4, 0.5) is 0 Å². The average Bonchev–Trinajstić information content (AvgIpc) is 2.40. The predicted octanol–water partition coefficient (Wildman–Crippen LogP) is 1.59. The molecule has 0 aromatic rings. The van der Waals surface area contributed by atoms with E-state index in [1.165, 1.54) is 0 Å². The van der Waals surface area contributed by atoms with Gasteiger partial charge >= 0.3 is 0 Å². The molecule has 0 N–H and O–H groups in total. The van der Waals surface area contributed by atoms with Crippen LogP contribution in [0.5, 0.6) is 0 Å². The number of hydrogen-bond acceptors (Lipinski definition) is 2. The standard InChI is InChI=1S/C9H16O2/c1-6(2)8-5-9-7(11-8)3-4-10-9/h6-9H,3-5H2,1-2H3. The lowest BCUT2D eigenvalue weighted by Crippen LogP contribution is -2.16. The highest BCUT2D eigenvalue weighted by Crippen LogP contribution is 2.33. The number of ether oxygens (including phenoxy) is 2. The van der Waals surface area contributed by atoms with Crippen molar-refractivity contribution in [2.75, 3.05) is 6.61 Å². The fourth-order valence-electron chi connectivity index (χ4n) is 1.94. The molecule has 0 amide bonds. The first-order valence-electron chi connectivity index (χ1n) is 4.54. The highest BCUT2D eigenvalue weighted by atomic mass is 16.6. The van der Waals surface area contributed by atoms with Crippen molar-refractivity contribution in [3.05, 3.63) is 0 Å². The topological polar surface area (TPSA) is 18.5 Å². The van der Waals surface area contributed by atoms with Crippen molar-refractivity contribution in [3.8, 4) is 0 Å². The van der Waals surface area contributed by atoms with E-state index in [1.807, 2.05) is 0 Å². The molecule has 0 radical (unpaired) electrons. The number of rotatable bonds is 1. The normalized spacial score (nSPS) is 43.4. The first kappa shape index (κ1) is 7.56. The zero-order valence-corrected chi connectivity index (χ0v) is 7.25. The Bertz CT molecular complexity index is 132. The van der Waals surface area contributed by atoms with Crippen LogP contribution in [-0.4, -0.2) is 24.9 Å². The van der Waals surface area contributed by atoms with Crippen LogP contribution in [0.3, 0.4) is 0 Å². The summed E-state index contributed by atoms with van der Waals surface area (Å²) in [6.07, 6.45) is 3.51. The van der Waals surface area contributed by atoms with Crippen LogP contribution in [0.2, 0.25) is 0 Å². The summed E-state index contributed by atoms with van der Waals surface area (Å²) in [5, 5.41) is 0. The molecule has 0 aromatic carbocycles. The smallest absolute Gasteiger partial charge is 0.0863 e. The van der Waals surface area contributed by atoms with Crippen molar-refractivity contribution < 1.29 is 9.47 Å². The van der Waals surface area contributed by atoms with Crippen molar-refractivity contribution in [2.45, 2.75) is 45.0 Å². The molecule has 2 nitrogen and oxygen atoms in total. The minimum atomic E-state index is 0.419. The van der Waals surface area contributed by atoms with Crippen LogP contribution in [0, 0.1) is 5.92 Å². The van der Waals surface area contributed by atoms with Gasteiger partial charge in [0.05, 0.1) is 18.3 Å². The van der Waals surface area contributed by atoms with E-state index in [4.69, 9.17) is 9.47 Å². The highest BCUT2D eigenvalue weighted by Gasteiger charge is 2.40. The van der Waals surface area contributed by atoms with E-state index in [2.05, 4.69) is 13.8 Å². The summed E-state index contributed by atoms with van der Waals surface area (Å²) in [6.45, 7) is 5.33. The lowest BCUT2D eigenvalue weighted by molar-refractivity contribution is 0.0175. The van der Waals surface area contributed by atoms with Gasteiger partial charge in [-0.15, -0.1) is 0 Å². The molecule has 2 aliphatic heterocycles. The van der Waals surface area contributed by atoms with Crippen molar-refractivity contribution >= 4 is 0 Å². The Kier molecular flexibility index (Phi) is 1.90. The molecule has 3 atom stereocenters. The summed E-state index contributed by atoms with van der Waals surface area (Å²) in [4.78, 5) is 0. The van der Waals surface area contributed by atoms with Crippen molar-refractivity contribution in [1.82, 2.24) is 0 Å². The third-order valence-corrected chi connectivity index (χ3v) is 2.71. The molecule has 11 heavy (non-hydrogen) atoms. The van der Waals surface area contributed by atoms with E-state index < -0.39 is 0 Å². The largest absolute Gasteiger partial charge is 0.375 e. The van der Waals surface area contributed by atoms with E-state index in [9.17, 15) is 0 Å². The molecule has 2 rings (SSSR count). The maximum atomic E-state index is 5.82. The van der Waals surface area contributed by atoms with Gasteiger partial charge in [0.15, 0.2) is 0 Å². The molecule has 2 aliphatic rings. The van der Waals surface area contributed by atoms with Crippen molar-refractivity contribution in [3.63, 3.8) is 0 Å². The molecule has 0 bridgehead atoms. The summed E-state index contributed by atoms with van der Waals surface area (Å²) in [5.74, 6) is 0.643. The summed E-state index contributed by atoms with van der Waals surface area (Å²) in [6, 6.07) is 0. The van der Waals surface area contributed by atoms with Gasteiger partial charge in [-0.2, -0.15) is 0 Å². The van der Waals surface area contributed by atoms with Crippen molar-refractivity contribution in [1.29, 1.82) is 0 Å². The van der Waals surface area contributed by atoms with E-state index in [0.29, 0.717) is 24.2 Å². The Hall–Kier alpha value is -0.0800. The van der Waals surface area contributed by atoms with Gasteiger partial charge in [-0.25, -0.2) is 0 Å². The Balaban J connectivity index is 1.94. The van der Waals surface area contributed by atoms with Gasteiger partial charge in [0.2, 0.25) is 0 Å². The van der Waals surface area contributed by atoms with Crippen LogP contribution in [0.15, 0.2) is 0 Å². The van der Waals surface area contributed by atoms with E-state index in [-0.39, 0.29) is 0 Å². The van der Waals surface area contributed by atoms with Gasteiger partial charge < -0.3 is 9.47 Å². The maximum Gasteiger partial charge on any atom is 0.0863 e. The highest BCUT2D eigenvalue weighted by molar-refractivity contribution is 4.88. The number of fused-ring (bicyclic) bond motifs is 1. The minimum absolute atomic E-state index is 0.419. The second kappa shape index (κ2) is 2.76. The van der Waals surface area contributed by atoms with Gasteiger partial charge in [0, 0.05) is 13.0 Å². The fourth-order valence-corrected chi connectivity index (χ4v) is 1.94. The summed E-state index contributed by atoms with van der Waals surface area (Å²) in [5.41, 5.74) is 0. The monoisotopic (exact) mass is 156 g/mol. The van der Waals surface area contributed by atoms with Crippen LogP contribution < -0.4 is 0 Å². The van der Waals surface area contributed by atoms with E-state index in [0.717, 1.165) is 19.4 Å². The maximum absolute atomic E-state index is 5.82. The lowest BCUT2D eigenvalue weighted by Gasteiger charge is -2.14. The second-order valence-corrected chi connectivity index (χ2v) is 3.89. The van der Waals surface area contributed by atoms with Crippen LogP contribution in [0.25, 0.3) is 0 Å². The van der Waals surface area contributed by atoms with Gasteiger partial charge in [0.1, 0.15) is 0 Å². The van der Waals surface area contributed by atoms with E-state index in [1.54, 1.807) is 0 Å². The fraction of sp³-hybridized carbons (Fsp3) is 1.00. The van der Waals surface area contributed by atoms with Crippen LogP contribution in [0.1, 0.15) is 26.7 Å². The summed E-state index contributed by atoms with van der Waals surface area (Å²) < 4.78 is 11.4. The summed E-state index contributed by atoms with van der Waals surface area (Å²) >= 11 is 0. The van der Waals surface area contributed by atoms with Gasteiger partial charge in [-0.05, 0) is 12.3 Å². The molecule has 2 fully saturated rings. The quantitative estimate of drug-likeness (QED) is 0.574. The molecule has 2 heterocycles. The van der Waals surface area contributed by atoms with E-state index >= 15 is 0 Å². The molecule has 2 heteroatoms. The first-order valence-corrected chi connectivity index (χ1v) is 4.54.